The predicted octanol–water partition coefficient (Wildman–Crippen LogP) is 1.54. The number of methoxy groups -OCH3 is 1. The third-order valence-corrected chi connectivity index (χ3v) is 2.33. The molecular weight excluding hydrogens is 218 g/mol. The van der Waals surface area contributed by atoms with Crippen LogP contribution in [0.15, 0.2) is 24.3 Å². The van der Waals surface area contributed by atoms with E-state index >= 15 is 0 Å². The van der Waals surface area contributed by atoms with Crippen molar-refractivity contribution in [1.82, 2.24) is 0 Å². The SMILES string of the molecule is COC(=O)c1ccc(N(C)C)c(/C=C/CO)c1. The highest BCUT2D eigenvalue weighted by atomic mass is 16.5. The number of anilines is 1. The number of esters is 1. The molecule has 1 N–H and O–H groups in total. The molecule has 0 aliphatic heterocycles. The van der Waals surface area contributed by atoms with Crippen molar-refractivity contribution in [1.29, 1.82) is 0 Å². The van der Waals surface area contributed by atoms with Crippen molar-refractivity contribution in [3.63, 3.8) is 0 Å². The van der Waals surface area contributed by atoms with Gasteiger partial charge in [0.2, 0.25) is 0 Å². The van der Waals surface area contributed by atoms with Crippen LogP contribution in [-0.2, 0) is 4.74 Å². The predicted molar refractivity (Wildman–Crippen MR) is 68.2 cm³/mol. The van der Waals surface area contributed by atoms with Crippen molar-refractivity contribution >= 4 is 17.7 Å². The molecule has 0 unspecified atom stereocenters. The maximum Gasteiger partial charge on any atom is 0.337 e. The molecule has 0 aliphatic carbocycles. The topological polar surface area (TPSA) is 49.8 Å². The molecule has 0 atom stereocenters. The van der Waals surface area contributed by atoms with Gasteiger partial charge in [-0.05, 0) is 23.8 Å². The van der Waals surface area contributed by atoms with Crippen LogP contribution in [0.2, 0.25) is 0 Å². The summed E-state index contributed by atoms with van der Waals surface area (Å²) >= 11 is 0. The molecule has 17 heavy (non-hydrogen) atoms. The number of hydrogen-bond donors (Lipinski definition) is 1. The minimum Gasteiger partial charge on any atom is -0.465 e. The second-order valence-electron chi connectivity index (χ2n) is 3.74. The lowest BCUT2D eigenvalue weighted by atomic mass is 10.1. The fraction of sp³-hybridized carbons (Fsp3) is 0.308. The van der Waals surface area contributed by atoms with Crippen LogP contribution in [0.25, 0.3) is 6.08 Å². The van der Waals surface area contributed by atoms with E-state index in [-0.39, 0.29) is 12.6 Å². The molecule has 92 valence electrons. The highest BCUT2D eigenvalue weighted by molar-refractivity contribution is 5.91. The largest absolute Gasteiger partial charge is 0.465 e. The van der Waals surface area contributed by atoms with Gasteiger partial charge in [0.25, 0.3) is 0 Å². The fourth-order valence-corrected chi connectivity index (χ4v) is 1.52. The van der Waals surface area contributed by atoms with Crippen molar-refractivity contribution in [2.45, 2.75) is 0 Å². The quantitative estimate of drug-likeness (QED) is 0.804. The standard InChI is InChI=1S/C13H17NO3/c1-14(2)12-7-6-11(13(16)17-3)9-10(12)5-4-8-15/h4-7,9,15H,8H2,1-3H3/b5-4+. The van der Waals surface area contributed by atoms with Crippen LogP contribution in [0.3, 0.4) is 0 Å². The first-order valence-electron chi connectivity index (χ1n) is 5.27. The Balaban J connectivity index is 3.19. The summed E-state index contributed by atoms with van der Waals surface area (Å²) in [6, 6.07) is 5.31. The van der Waals surface area contributed by atoms with E-state index in [9.17, 15) is 4.79 Å². The van der Waals surface area contributed by atoms with Crippen LogP contribution >= 0.6 is 0 Å². The Morgan fingerprint density at radius 2 is 2.18 bits per heavy atom. The molecule has 1 rings (SSSR count). The molecule has 0 heterocycles. The molecule has 0 saturated carbocycles. The number of nitrogens with zero attached hydrogens (tertiary/aromatic N) is 1. The molecule has 0 aliphatic rings. The van der Waals surface area contributed by atoms with Crippen LogP contribution in [-0.4, -0.2) is 38.9 Å². The van der Waals surface area contributed by atoms with Crippen LogP contribution in [0.5, 0.6) is 0 Å². The monoisotopic (exact) mass is 235 g/mol. The van der Waals surface area contributed by atoms with E-state index in [0.717, 1.165) is 11.3 Å². The second kappa shape index (κ2) is 6.06. The zero-order valence-corrected chi connectivity index (χ0v) is 10.3. The Morgan fingerprint density at radius 1 is 1.47 bits per heavy atom. The van der Waals surface area contributed by atoms with Crippen molar-refractivity contribution in [3.05, 3.63) is 35.4 Å². The van der Waals surface area contributed by atoms with E-state index in [2.05, 4.69) is 4.74 Å². The molecule has 0 amide bonds. The van der Waals surface area contributed by atoms with Crippen LogP contribution in [0.4, 0.5) is 5.69 Å². The van der Waals surface area contributed by atoms with Gasteiger partial charge in [0.15, 0.2) is 0 Å². The molecule has 4 heteroatoms. The van der Waals surface area contributed by atoms with E-state index in [1.54, 1.807) is 24.3 Å². The van der Waals surface area contributed by atoms with Gasteiger partial charge in [-0.3, -0.25) is 0 Å². The maximum absolute atomic E-state index is 11.4. The van der Waals surface area contributed by atoms with Gasteiger partial charge in [-0.15, -0.1) is 0 Å². The third kappa shape index (κ3) is 3.32. The van der Waals surface area contributed by atoms with Crippen molar-refractivity contribution in [2.75, 3.05) is 32.7 Å². The highest BCUT2D eigenvalue weighted by Gasteiger charge is 2.09. The smallest absolute Gasteiger partial charge is 0.337 e. The zero-order valence-electron chi connectivity index (χ0n) is 10.3. The molecule has 0 spiro atoms. The lowest BCUT2D eigenvalue weighted by Crippen LogP contribution is -2.11. The number of aliphatic hydroxyl groups is 1. The average Bonchev–Trinajstić information content (AvgIpc) is 2.34. The summed E-state index contributed by atoms with van der Waals surface area (Å²) in [5, 5.41) is 8.79. The molecule has 0 bridgehead atoms. The number of rotatable bonds is 4. The van der Waals surface area contributed by atoms with E-state index in [1.165, 1.54) is 7.11 Å². The van der Waals surface area contributed by atoms with E-state index in [0.29, 0.717) is 5.56 Å². The highest BCUT2D eigenvalue weighted by Crippen LogP contribution is 2.22. The van der Waals surface area contributed by atoms with Gasteiger partial charge in [0.05, 0.1) is 19.3 Å². The lowest BCUT2D eigenvalue weighted by Gasteiger charge is -2.16. The van der Waals surface area contributed by atoms with Gasteiger partial charge < -0.3 is 14.7 Å². The maximum atomic E-state index is 11.4. The van der Waals surface area contributed by atoms with E-state index in [4.69, 9.17) is 5.11 Å². The minimum atomic E-state index is -0.367. The first-order valence-corrected chi connectivity index (χ1v) is 5.27. The van der Waals surface area contributed by atoms with E-state index in [1.807, 2.05) is 25.1 Å². The van der Waals surface area contributed by atoms with Crippen LogP contribution in [0, 0.1) is 0 Å². The molecule has 0 aromatic heterocycles. The summed E-state index contributed by atoms with van der Waals surface area (Å²) in [4.78, 5) is 13.4. The number of hydrogen-bond acceptors (Lipinski definition) is 4. The molecule has 0 fully saturated rings. The van der Waals surface area contributed by atoms with Gasteiger partial charge in [0, 0.05) is 19.8 Å². The Bertz CT molecular complexity index is 425. The third-order valence-electron chi connectivity index (χ3n) is 2.33. The Morgan fingerprint density at radius 3 is 2.71 bits per heavy atom. The Hall–Kier alpha value is -1.81. The lowest BCUT2D eigenvalue weighted by molar-refractivity contribution is 0.0600. The summed E-state index contributed by atoms with van der Waals surface area (Å²) in [5.41, 5.74) is 2.34. The summed E-state index contributed by atoms with van der Waals surface area (Å²) in [7, 11) is 5.19. The number of benzene rings is 1. The summed E-state index contributed by atoms with van der Waals surface area (Å²) in [6.07, 6.45) is 3.41. The summed E-state index contributed by atoms with van der Waals surface area (Å²) < 4.78 is 4.67. The number of carbonyl (C=O) groups excluding carboxylic acids is 1. The second-order valence-corrected chi connectivity index (χ2v) is 3.74. The van der Waals surface area contributed by atoms with Gasteiger partial charge in [-0.2, -0.15) is 0 Å². The van der Waals surface area contributed by atoms with Gasteiger partial charge >= 0.3 is 5.97 Å². The number of aliphatic hydroxyl groups excluding tert-OH is 1. The van der Waals surface area contributed by atoms with Crippen molar-refractivity contribution < 1.29 is 14.6 Å². The minimum absolute atomic E-state index is 0.0324. The van der Waals surface area contributed by atoms with Crippen LogP contribution in [0.1, 0.15) is 15.9 Å². The number of carbonyl (C=O) groups is 1. The van der Waals surface area contributed by atoms with Gasteiger partial charge in [-0.1, -0.05) is 12.2 Å². The van der Waals surface area contributed by atoms with Gasteiger partial charge in [0.1, 0.15) is 0 Å². The average molecular weight is 235 g/mol. The normalized spacial score (nSPS) is 10.6. The van der Waals surface area contributed by atoms with Crippen molar-refractivity contribution in [2.24, 2.45) is 0 Å². The first-order chi connectivity index (χ1) is 8.10. The van der Waals surface area contributed by atoms with E-state index < -0.39 is 0 Å². The Kier molecular flexibility index (Phi) is 4.72. The summed E-state index contributed by atoms with van der Waals surface area (Å²) in [6.45, 7) is -0.0324. The molecular formula is C13H17NO3. The molecule has 1 aromatic rings. The molecule has 4 nitrogen and oxygen atoms in total. The first kappa shape index (κ1) is 13.3. The molecule has 1 aromatic carbocycles. The van der Waals surface area contributed by atoms with Gasteiger partial charge in [-0.25, -0.2) is 4.79 Å². The molecule has 0 radical (unpaired) electrons. The fourth-order valence-electron chi connectivity index (χ4n) is 1.52. The Labute approximate surface area is 101 Å². The van der Waals surface area contributed by atoms with Crippen molar-refractivity contribution in [3.8, 4) is 0 Å². The number of ether oxygens (including phenoxy) is 1. The summed E-state index contributed by atoms with van der Waals surface area (Å²) in [5.74, 6) is -0.367. The van der Waals surface area contributed by atoms with Crippen LogP contribution < -0.4 is 4.90 Å². The molecule has 0 saturated heterocycles. The zero-order chi connectivity index (χ0) is 12.8.